The van der Waals surface area contributed by atoms with Gasteiger partial charge in [0.2, 0.25) is 0 Å². The van der Waals surface area contributed by atoms with Crippen molar-refractivity contribution < 1.29 is 9.66 Å². The van der Waals surface area contributed by atoms with E-state index >= 15 is 0 Å². The Labute approximate surface area is 99.9 Å². The number of hydrogen-bond acceptors (Lipinski definition) is 5. The maximum atomic E-state index is 10.7. The normalized spacial score (nSPS) is 11.9. The van der Waals surface area contributed by atoms with Gasteiger partial charge < -0.3 is 15.8 Å². The van der Waals surface area contributed by atoms with Gasteiger partial charge in [0.05, 0.1) is 17.6 Å². The van der Waals surface area contributed by atoms with Gasteiger partial charge in [-0.3, -0.25) is 10.1 Å². The van der Waals surface area contributed by atoms with Gasteiger partial charge in [0.1, 0.15) is 5.75 Å². The van der Waals surface area contributed by atoms with E-state index in [1.54, 1.807) is 6.07 Å². The number of rotatable bonds is 6. The highest BCUT2D eigenvalue weighted by atomic mass is 16.6. The van der Waals surface area contributed by atoms with E-state index in [0.29, 0.717) is 24.6 Å². The van der Waals surface area contributed by atoms with E-state index in [0.717, 1.165) is 0 Å². The third-order valence-corrected chi connectivity index (χ3v) is 2.04. The first-order valence-corrected chi connectivity index (χ1v) is 5.44. The summed E-state index contributed by atoms with van der Waals surface area (Å²) in [6.45, 7) is 4.70. The molecule has 0 spiro atoms. The number of nitro groups is 1. The zero-order valence-electron chi connectivity index (χ0n) is 9.97. The maximum absolute atomic E-state index is 10.7. The molecule has 1 aromatic rings. The predicted octanol–water partition coefficient (Wildman–Crippen LogP) is 1.75. The van der Waals surface area contributed by atoms with E-state index in [-0.39, 0.29) is 11.7 Å². The Balaban J connectivity index is 2.91. The molecule has 6 nitrogen and oxygen atoms in total. The fourth-order valence-electron chi connectivity index (χ4n) is 1.32. The lowest BCUT2D eigenvalue weighted by Crippen LogP contribution is -2.25. The number of anilines is 1. The van der Waals surface area contributed by atoms with Crippen LogP contribution in [0.25, 0.3) is 0 Å². The molecule has 0 aromatic heterocycles. The van der Waals surface area contributed by atoms with Gasteiger partial charge in [-0.05, 0) is 13.8 Å². The van der Waals surface area contributed by atoms with Gasteiger partial charge in [-0.15, -0.1) is 0 Å². The molecule has 0 radical (unpaired) electrons. The Morgan fingerprint density at radius 2 is 2.24 bits per heavy atom. The van der Waals surface area contributed by atoms with Crippen molar-refractivity contribution >= 4 is 11.4 Å². The van der Waals surface area contributed by atoms with Crippen molar-refractivity contribution in [3.8, 4) is 5.75 Å². The van der Waals surface area contributed by atoms with Crippen LogP contribution in [-0.4, -0.2) is 24.1 Å². The van der Waals surface area contributed by atoms with E-state index in [9.17, 15) is 10.1 Å². The smallest absolute Gasteiger partial charge is 0.275 e. The van der Waals surface area contributed by atoms with Gasteiger partial charge in [0.25, 0.3) is 5.69 Å². The second-order valence-corrected chi connectivity index (χ2v) is 3.76. The molecule has 17 heavy (non-hydrogen) atoms. The van der Waals surface area contributed by atoms with Crippen LogP contribution in [0.15, 0.2) is 18.2 Å². The monoisotopic (exact) mass is 239 g/mol. The van der Waals surface area contributed by atoms with Gasteiger partial charge in [-0.1, -0.05) is 0 Å². The Bertz CT molecular complexity index is 394. The molecule has 0 amide bonds. The SMILES string of the molecule is CCOc1cc(NCC(C)N)cc([N+](=O)[O-])c1. The Morgan fingerprint density at radius 1 is 1.53 bits per heavy atom. The average molecular weight is 239 g/mol. The van der Waals surface area contributed by atoms with E-state index in [1.165, 1.54) is 12.1 Å². The van der Waals surface area contributed by atoms with Crippen molar-refractivity contribution in [1.82, 2.24) is 0 Å². The van der Waals surface area contributed by atoms with Crippen molar-refractivity contribution in [2.45, 2.75) is 19.9 Å². The first-order chi connectivity index (χ1) is 8.02. The van der Waals surface area contributed by atoms with E-state index < -0.39 is 4.92 Å². The number of nitro benzene ring substituents is 1. The Morgan fingerprint density at radius 3 is 2.76 bits per heavy atom. The van der Waals surface area contributed by atoms with E-state index in [4.69, 9.17) is 10.5 Å². The molecule has 0 fully saturated rings. The van der Waals surface area contributed by atoms with Crippen molar-refractivity contribution in [3.63, 3.8) is 0 Å². The summed E-state index contributed by atoms with van der Waals surface area (Å²) >= 11 is 0. The quantitative estimate of drug-likeness (QED) is 0.583. The van der Waals surface area contributed by atoms with Crippen LogP contribution >= 0.6 is 0 Å². The lowest BCUT2D eigenvalue weighted by molar-refractivity contribution is -0.384. The number of nitrogens with zero attached hydrogens (tertiary/aromatic N) is 1. The van der Waals surface area contributed by atoms with Crippen LogP contribution in [0.2, 0.25) is 0 Å². The van der Waals surface area contributed by atoms with Gasteiger partial charge in [-0.2, -0.15) is 0 Å². The minimum atomic E-state index is -0.445. The van der Waals surface area contributed by atoms with Crippen LogP contribution in [0, 0.1) is 10.1 Å². The zero-order chi connectivity index (χ0) is 12.8. The van der Waals surface area contributed by atoms with Crippen LogP contribution in [0.5, 0.6) is 5.75 Å². The Hall–Kier alpha value is -1.82. The van der Waals surface area contributed by atoms with Crippen molar-refractivity contribution in [2.24, 2.45) is 5.73 Å². The number of nitrogens with one attached hydrogen (secondary N) is 1. The lowest BCUT2D eigenvalue weighted by atomic mass is 10.2. The molecule has 1 rings (SSSR count). The van der Waals surface area contributed by atoms with Crippen LogP contribution < -0.4 is 15.8 Å². The molecule has 0 bridgehead atoms. The number of ether oxygens (including phenoxy) is 1. The first kappa shape index (κ1) is 13.2. The highest BCUT2D eigenvalue weighted by Crippen LogP contribution is 2.25. The number of non-ortho nitro benzene ring substituents is 1. The fraction of sp³-hybridized carbons (Fsp3) is 0.455. The average Bonchev–Trinajstić information content (AvgIpc) is 2.26. The first-order valence-electron chi connectivity index (χ1n) is 5.44. The van der Waals surface area contributed by atoms with Crippen LogP contribution in [0.3, 0.4) is 0 Å². The summed E-state index contributed by atoms with van der Waals surface area (Å²) in [5.74, 6) is 0.480. The highest BCUT2D eigenvalue weighted by molar-refractivity contribution is 5.56. The van der Waals surface area contributed by atoms with Crippen LogP contribution in [0.4, 0.5) is 11.4 Å². The predicted molar refractivity (Wildman–Crippen MR) is 66.4 cm³/mol. The molecule has 1 atom stereocenters. The largest absolute Gasteiger partial charge is 0.494 e. The summed E-state index contributed by atoms with van der Waals surface area (Å²) in [5, 5.41) is 13.8. The second-order valence-electron chi connectivity index (χ2n) is 3.76. The van der Waals surface area contributed by atoms with Crippen molar-refractivity contribution in [2.75, 3.05) is 18.5 Å². The summed E-state index contributed by atoms with van der Waals surface area (Å²) in [5.41, 5.74) is 6.25. The standard InChI is InChI=1S/C11H17N3O3/c1-3-17-11-5-9(13-7-8(2)12)4-10(6-11)14(15)16/h4-6,8,13H,3,7,12H2,1-2H3. The number of hydrogen-bond donors (Lipinski definition) is 2. The maximum Gasteiger partial charge on any atom is 0.275 e. The molecule has 1 unspecified atom stereocenters. The van der Waals surface area contributed by atoms with Gasteiger partial charge in [0.15, 0.2) is 0 Å². The molecule has 0 heterocycles. The molecule has 94 valence electrons. The molecular weight excluding hydrogens is 222 g/mol. The molecule has 0 aliphatic heterocycles. The van der Waals surface area contributed by atoms with Gasteiger partial charge in [-0.25, -0.2) is 0 Å². The minimum absolute atomic E-state index is 0.00289. The summed E-state index contributed by atoms with van der Waals surface area (Å²) in [4.78, 5) is 10.3. The van der Waals surface area contributed by atoms with Crippen LogP contribution in [-0.2, 0) is 0 Å². The van der Waals surface area contributed by atoms with E-state index in [2.05, 4.69) is 5.32 Å². The van der Waals surface area contributed by atoms with Gasteiger partial charge >= 0.3 is 0 Å². The van der Waals surface area contributed by atoms with Crippen LogP contribution in [0.1, 0.15) is 13.8 Å². The minimum Gasteiger partial charge on any atom is -0.494 e. The molecule has 0 saturated carbocycles. The van der Waals surface area contributed by atoms with Crippen molar-refractivity contribution in [1.29, 1.82) is 0 Å². The molecule has 0 aliphatic carbocycles. The van der Waals surface area contributed by atoms with E-state index in [1.807, 2.05) is 13.8 Å². The fourth-order valence-corrected chi connectivity index (χ4v) is 1.32. The molecule has 6 heteroatoms. The summed E-state index contributed by atoms with van der Waals surface area (Å²) in [7, 11) is 0. The Kier molecular flexibility index (Phi) is 4.71. The number of benzene rings is 1. The third-order valence-electron chi connectivity index (χ3n) is 2.04. The molecule has 0 aliphatic rings. The van der Waals surface area contributed by atoms with Crippen molar-refractivity contribution in [3.05, 3.63) is 28.3 Å². The third kappa shape index (κ3) is 4.28. The summed E-state index contributed by atoms with van der Waals surface area (Å²) in [6.07, 6.45) is 0. The highest BCUT2D eigenvalue weighted by Gasteiger charge is 2.10. The zero-order valence-corrected chi connectivity index (χ0v) is 9.97. The summed E-state index contributed by atoms with van der Waals surface area (Å²) in [6, 6.07) is 4.56. The molecular formula is C11H17N3O3. The molecule has 3 N–H and O–H groups in total. The number of nitrogens with two attached hydrogens (primary N) is 1. The van der Waals surface area contributed by atoms with Gasteiger partial charge in [0, 0.05) is 30.4 Å². The lowest BCUT2D eigenvalue weighted by Gasteiger charge is -2.10. The molecule has 0 saturated heterocycles. The topological polar surface area (TPSA) is 90.4 Å². The second kappa shape index (κ2) is 6.05. The molecule has 1 aromatic carbocycles. The summed E-state index contributed by atoms with van der Waals surface area (Å²) < 4.78 is 5.27.